The van der Waals surface area contributed by atoms with Crippen molar-refractivity contribution in [2.24, 2.45) is 5.41 Å². The largest absolute Gasteiger partial charge is 0.378 e. The van der Waals surface area contributed by atoms with Crippen molar-refractivity contribution in [1.29, 1.82) is 0 Å². The molecule has 1 aromatic carbocycles. The van der Waals surface area contributed by atoms with Crippen LogP contribution in [-0.2, 0) is 9.53 Å². The Bertz CT molecular complexity index is 518. The fourth-order valence-corrected chi connectivity index (χ4v) is 2.81. The smallest absolute Gasteiger partial charge is 0.224 e. The van der Waals surface area contributed by atoms with Gasteiger partial charge in [-0.05, 0) is 42.5 Å². The van der Waals surface area contributed by atoms with E-state index in [2.05, 4.69) is 57.0 Å². The minimum absolute atomic E-state index is 0.000363. The Morgan fingerprint density at radius 3 is 2.23 bits per heavy atom. The molecule has 1 heterocycles. The van der Waals surface area contributed by atoms with Crippen molar-refractivity contribution in [3.05, 3.63) is 23.3 Å². The Morgan fingerprint density at radius 2 is 1.73 bits per heavy atom. The number of morpholine rings is 1. The minimum Gasteiger partial charge on any atom is -0.378 e. The molecule has 0 radical (unpaired) electrons. The van der Waals surface area contributed by atoms with Crippen molar-refractivity contribution in [3.8, 4) is 0 Å². The molecule has 1 aliphatic rings. The van der Waals surface area contributed by atoms with Crippen LogP contribution in [0.1, 0.15) is 38.3 Å². The molecule has 0 spiro atoms. The third kappa shape index (κ3) is 4.47. The molecular formula is C18H28N2O2. The first-order chi connectivity index (χ1) is 10.3. The first-order valence-corrected chi connectivity index (χ1v) is 8.00. The Hall–Kier alpha value is -1.55. The van der Waals surface area contributed by atoms with Crippen LogP contribution in [0.5, 0.6) is 0 Å². The predicted octanol–water partition coefficient (Wildman–Crippen LogP) is 3.51. The quantitative estimate of drug-likeness (QED) is 0.929. The molecule has 1 N–H and O–H groups in total. The third-order valence-electron chi connectivity index (χ3n) is 3.85. The SMILES string of the molecule is Cc1cc(N2CCOCC2)cc(C)c1NC(=O)CC(C)(C)C. The molecule has 0 bridgehead atoms. The molecule has 4 heteroatoms. The van der Waals surface area contributed by atoms with E-state index in [0.717, 1.165) is 43.1 Å². The van der Waals surface area contributed by atoms with E-state index in [4.69, 9.17) is 4.74 Å². The first kappa shape index (κ1) is 16.8. The second-order valence-electron chi connectivity index (χ2n) is 7.34. The number of nitrogens with one attached hydrogen (secondary N) is 1. The topological polar surface area (TPSA) is 41.6 Å². The van der Waals surface area contributed by atoms with Gasteiger partial charge in [-0.1, -0.05) is 20.8 Å². The van der Waals surface area contributed by atoms with Crippen molar-refractivity contribution < 1.29 is 9.53 Å². The molecule has 2 rings (SSSR count). The van der Waals surface area contributed by atoms with Crippen LogP contribution in [-0.4, -0.2) is 32.2 Å². The number of hydrogen-bond acceptors (Lipinski definition) is 3. The Kier molecular flexibility index (Phi) is 5.12. The molecule has 1 amide bonds. The molecule has 4 nitrogen and oxygen atoms in total. The van der Waals surface area contributed by atoms with Crippen molar-refractivity contribution in [2.45, 2.75) is 41.0 Å². The Balaban J connectivity index is 2.14. The van der Waals surface area contributed by atoms with Gasteiger partial charge in [-0.15, -0.1) is 0 Å². The standard InChI is InChI=1S/C18H28N2O2/c1-13-10-15(20-6-8-22-9-7-20)11-14(2)17(13)19-16(21)12-18(3,4)5/h10-11H,6-9,12H2,1-5H3,(H,19,21). The lowest BCUT2D eigenvalue weighted by Gasteiger charge is -2.30. The van der Waals surface area contributed by atoms with E-state index in [1.54, 1.807) is 0 Å². The zero-order chi connectivity index (χ0) is 16.3. The lowest BCUT2D eigenvalue weighted by atomic mass is 9.92. The normalized spacial score (nSPS) is 15.8. The van der Waals surface area contributed by atoms with Crippen molar-refractivity contribution >= 4 is 17.3 Å². The van der Waals surface area contributed by atoms with Gasteiger partial charge in [0.25, 0.3) is 0 Å². The highest BCUT2D eigenvalue weighted by molar-refractivity contribution is 5.93. The first-order valence-electron chi connectivity index (χ1n) is 8.00. The highest BCUT2D eigenvalue weighted by Crippen LogP contribution is 2.28. The van der Waals surface area contributed by atoms with E-state index in [-0.39, 0.29) is 11.3 Å². The number of ether oxygens (including phenoxy) is 1. The van der Waals surface area contributed by atoms with Crippen LogP contribution in [0.15, 0.2) is 12.1 Å². The molecule has 1 fully saturated rings. The van der Waals surface area contributed by atoms with Gasteiger partial charge in [-0.3, -0.25) is 4.79 Å². The zero-order valence-corrected chi connectivity index (χ0v) is 14.5. The lowest BCUT2D eigenvalue weighted by Crippen LogP contribution is -2.36. The molecule has 0 aromatic heterocycles. The number of aryl methyl sites for hydroxylation is 2. The molecule has 0 unspecified atom stereocenters. The second-order valence-corrected chi connectivity index (χ2v) is 7.34. The summed E-state index contributed by atoms with van der Waals surface area (Å²) in [5, 5.41) is 3.08. The fourth-order valence-electron chi connectivity index (χ4n) is 2.81. The van der Waals surface area contributed by atoms with Gasteiger partial charge < -0.3 is 15.0 Å². The molecule has 1 aromatic rings. The summed E-state index contributed by atoms with van der Waals surface area (Å²) in [6.45, 7) is 13.8. The summed E-state index contributed by atoms with van der Waals surface area (Å²) in [4.78, 5) is 14.5. The minimum atomic E-state index is -0.000363. The van der Waals surface area contributed by atoms with E-state index >= 15 is 0 Å². The molecule has 0 aliphatic carbocycles. The number of amides is 1. The average Bonchev–Trinajstić information content (AvgIpc) is 2.41. The van der Waals surface area contributed by atoms with E-state index in [1.807, 2.05) is 0 Å². The van der Waals surface area contributed by atoms with Crippen LogP contribution in [0.2, 0.25) is 0 Å². The van der Waals surface area contributed by atoms with Crippen LogP contribution >= 0.6 is 0 Å². The highest BCUT2D eigenvalue weighted by atomic mass is 16.5. The fraction of sp³-hybridized carbons (Fsp3) is 0.611. The number of anilines is 2. The monoisotopic (exact) mass is 304 g/mol. The van der Waals surface area contributed by atoms with Gasteiger partial charge in [0.15, 0.2) is 0 Å². The van der Waals surface area contributed by atoms with E-state index < -0.39 is 0 Å². The molecule has 0 atom stereocenters. The summed E-state index contributed by atoms with van der Waals surface area (Å²) in [6, 6.07) is 4.32. The maximum Gasteiger partial charge on any atom is 0.224 e. The van der Waals surface area contributed by atoms with Crippen LogP contribution in [0.4, 0.5) is 11.4 Å². The van der Waals surface area contributed by atoms with Crippen LogP contribution in [0.25, 0.3) is 0 Å². The summed E-state index contributed by atoms with van der Waals surface area (Å²) < 4.78 is 5.41. The molecule has 122 valence electrons. The van der Waals surface area contributed by atoms with Gasteiger partial charge in [-0.2, -0.15) is 0 Å². The lowest BCUT2D eigenvalue weighted by molar-refractivity contribution is -0.117. The summed E-state index contributed by atoms with van der Waals surface area (Å²) in [5.41, 5.74) is 4.39. The number of carbonyl (C=O) groups excluding carboxylic acids is 1. The van der Waals surface area contributed by atoms with E-state index in [0.29, 0.717) is 6.42 Å². The highest BCUT2D eigenvalue weighted by Gasteiger charge is 2.18. The number of nitrogens with zero attached hydrogens (tertiary/aromatic N) is 1. The molecule has 0 saturated carbocycles. The van der Waals surface area contributed by atoms with Crippen molar-refractivity contribution in [3.63, 3.8) is 0 Å². The summed E-state index contributed by atoms with van der Waals surface area (Å²) in [7, 11) is 0. The van der Waals surface area contributed by atoms with Crippen molar-refractivity contribution in [2.75, 3.05) is 36.5 Å². The van der Waals surface area contributed by atoms with Gasteiger partial charge in [-0.25, -0.2) is 0 Å². The van der Waals surface area contributed by atoms with Crippen LogP contribution in [0.3, 0.4) is 0 Å². The number of rotatable bonds is 3. The molecular weight excluding hydrogens is 276 g/mol. The number of hydrogen-bond donors (Lipinski definition) is 1. The maximum atomic E-state index is 12.2. The van der Waals surface area contributed by atoms with Crippen LogP contribution in [0, 0.1) is 19.3 Å². The second kappa shape index (κ2) is 6.69. The van der Waals surface area contributed by atoms with Gasteiger partial charge in [0, 0.05) is 30.9 Å². The van der Waals surface area contributed by atoms with Crippen LogP contribution < -0.4 is 10.2 Å². The average molecular weight is 304 g/mol. The van der Waals surface area contributed by atoms with Gasteiger partial charge in [0.05, 0.1) is 13.2 Å². The van der Waals surface area contributed by atoms with Gasteiger partial charge in [0.2, 0.25) is 5.91 Å². The van der Waals surface area contributed by atoms with Gasteiger partial charge in [0.1, 0.15) is 0 Å². The third-order valence-corrected chi connectivity index (χ3v) is 3.85. The summed E-state index contributed by atoms with van der Waals surface area (Å²) in [6.07, 6.45) is 0.525. The predicted molar refractivity (Wildman–Crippen MR) is 91.6 cm³/mol. The maximum absolute atomic E-state index is 12.2. The van der Waals surface area contributed by atoms with Crippen molar-refractivity contribution in [1.82, 2.24) is 0 Å². The number of benzene rings is 1. The molecule has 1 aliphatic heterocycles. The van der Waals surface area contributed by atoms with Gasteiger partial charge >= 0.3 is 0 Å². The Morgan fingerprint density at radius 1 is 1.18 bits per heavy atom. The zero-order valence-electron chi connectivity index (χ0n) is 14.5. The van der Waals surface area contributed by atoms with E-state index in [9.17, 15) is 4.79 Å². The number of carbonyl (C=O) groups is 1. The molecule has 22 heavy (non-hydrogen) atoms. The Labute approximate surface area is 133 Å². The summed E-state index contributed by atoms with van der Waals surface area (Å²) >= 11 is 0. The summed E-state index contributed by atoms with van der Waals surface area (Å²) in [5.74, 6) is 0.0813. The molecule has 1 saturated heterocycles. The van der Waals surface area contributed by atoms with E-state index in [1.165, 1.54) is 5.69 Å².